The van der Waals surface area contributed by atoms with Crippen molar-refractivity contribution in [2.24, 2.45) is 7.05 Å². The van der Waals surface area contributed by atoms with Crippen LogP contribution in [-0.2, 0) is 12.5 Å². The highest BCUT2D eigenvalue weighted by Crippen LogP contribution is 2.49. The molecule has 0 amide bonds. The molecule has 0 atom stereocenters. The van der Waals surface area contributed by atoms with Crippen LogP contribution in [0.4, 0.5) is 0 Å². The zero-order valence-electron chi connectivity index (χ0n) is 24.5. The first-order valence-electron chi connectivity index (χ1n) is 14.5. The second kappa shape index (κ2) is 9.49. The van der Waals surface area contributed by atoms with Crippen molar-refractivity contribution in [3.8, 4) is 22.3 Å². The first-order valence-corrected chi connectivity index (χ1v) is 14.5. The third-order valence-electron chi connectivity index (χ3n) is 9.22. The van der Waals surface area contributed by atoms with Crippen molar-refractivity contribution in [2.45, 2.75) is 33.1 Å². The Balaban J connectivity index is 0.000000301. The second-order valence-corrected chi connectivity index (χ2v) is 12.0. The number of hydrogen-bond acceptors (Lipinski definition) is 0. The summed E-state index contributed by atoms with van der Waals surface area (Å²) in [5, 5.41) is 5.22. The van der Waals surface area contributed by atoms with E-state index in [2.05, 4.69) is 161 Å². The lowest BCUT2D eigenvalue weighted by atomic mass is 9.81. The fraction of sp³-hybridized carbons (Fsp3) is 0.150. The van der Waals surface area contributed by atoms with Gasteiger partial charge in [0.05, 0.1) is 0 Å². The van der Waals surface area contributed by atoms with Gasteiger partial charge in [0.15, 0.2) is 0 Å². The monoisotopic (exact) mass is 529 g/mol. The molecule has 1 nitrogen and oxygen atoms in total. The summed E-state index contributed by atoms with van der Waals surface area (Å²) in [6.07, 6.45) is 0. The maximum atomic E-state index is 2.41. The molecule has 1 heterocycles. The van der Waals surface area contributed by atoms with Gasteiger partial charge in [-0.15, -0.1) is 0 Å². The Bertz CT molecular complexity index is 2080. The highest BCUT2D eigenvalue weighted by molar-refractivity contribution is 6.13. The number of rotatable bonds is 1. The molecule has 0 N–H and O–H groups in total. The summed E-state index contributed by atoms with van der Waals surface area (Å²) in [5.74, 6) is 0. The van der Waals surface area contributed by atoms with E-state index in [-0.39, 0.29) is 5.41 Å². The molecule has 1 aromatic heterocycles. The van der Waals surface area contributed by atoms with Gasteiger partial charge in [-0.3, -0.25) is 0 Å². The van der Waals surface area contributed by atoms with Gasteiger partial charge in [0.25, 0.3) is 0 Å². The summed E-state index contributed by atoms with van der Waals surface area (Å²) < 4.78 is 2.32. The SMILES string of the molecule is Cc1ccccc1C.Cn1c2ccc(-c3ccc4c(c3)C(C)(C)c3ccccc3-4)cc2c2cc3ccccc3cc21. The Kier molecular flexibility index (Phi) is 5.87. The third kappa shape index (κ3) is 4.07. The first kappa shape index (κ1) is 25.4. The van der Waals surface area contributed by atoms with E-state index in [0.29, 0.717) is 0 Å². The number of hydrogen-bond donors (Lipinski definition) is 0. The number of nitrogens with zero attached hydrogens (tertiary/aromatic N) is 1. The zero-order chi connectivity index (χ0) is 28.3. The maximum absolute atomic E-state index is 2.41. The Labute approximate surface area is 242 Å². The predicted octanol–water partition coefficient (Wildman–Crippen LogP) is 10.8. The number of benzene rings is 6. The van der Waals surface area contributed by atoms with Crippen LogP contribution in [0.5, 0.6) is 0 Å². The van der Waals surface area contributed by atoms with E-state index in [1.165, 1.54) is 77.1 Å². The quantitative estimate of drug-likeness (QED) is 0.199. The van der Waals surface area contributed by atoms with Crippen LogP contribution in [0.2, 0.25) is 0 Å². The summed E-state index contributed by atoms with van der Waals surface area (Å²) >= 11 is 0. The molecule has 0 fully saturated rings. The van der Waals surface area contributed by atoms with Crippen LogP contribution in [0, 0.1) is 13.8 Å². The molecule has 1 aliphatic rings. The van der Waals surface area contributed by atoms with Crippen molar-refractivity contribution in [3.63, 3.8) is 0 Å². The highest BCUT2D eigenvalue weighted by Gasteiger charge is 2.35. The van der Waals surface area contributed by atoms with E-state index in [9.17, 15) is 0 Å². The molecular formula is C40H35N. The zero-order valence-corrected chi connectivity index (χ0v) is 24.5. The maximum Gasteiger partial charge on any atom is 0.0495 e. The number of fused-ring (bicyclic) bond motifs is 7. The van der Waals surface area contributed by atoms with Crippen molar-refractivity contribution in [1.29, 1.82) is 0 Å². The van der Waals surface area contributed by atoms with Crippen molar-refractivity contribution >= 4 is 32.6 Å². The molecule has 8 rings (SSSR count). The minimum absolute atomic E-state index is 0.0183. The van der Waals surface area contributed by atoms with Crippen LogP contribution in [-0.4, -0.2) is 4.57 Å². The lowest BCUT2D eigenvalue weighted by molar-refractivity contribution is 0.660. The second-order valence-electron chi connectivity index (χ2n) is 12.0. The van der Waals surface area contributed by atoms with Crippen LogP contribution < -0.4 is 0 Å². The summed E-state index contributed by atoms with van der Waals surface area (Å²) in [5.41, 5.74) is 13.5. The first-order chi connectivity index (χ1) is 19.8. The summed E-state index contributed by atoms with van der Waals surface area (Å²) in [4.78, 5) is 0. The fourth-order valence-corrected chi connectivity index (χ4v) is 6.62. The molecular weight excluding hydrogens is 494 g/mol. The van der Waals surface area contributed by atoms with Gasteiger partial charge in [-0.2, -0.15) is 0 Å². The van der Waals surface area contributed by atoms with Gasteiger partial charge in [-0.05, 0) is 99.5 Å². The van der Waals surface area contributed by atoms with E-state index in [0.717, 1.165) is 0 Å². The summed E-state index contributed by atoms with van der Waals surface area (Å²) in [6.45, 7) is 8.94. The van der Waals surface area contributed by atoms with Gasteiger partial charge >= 0.3 is 0 Å². The molecule has 41 heavy (non-hydrogen) atoms. The smallest absolute Gasteiger partial charge is 0.0495 e. The van der Waals surface area contributed by atoms with Crippen LogP contribution in [0.15, 0.2) is 121 Å². The number of aryl methyl sites for hydroxylation is 3. The van der Waals surface area contributed by atoms with E-state index < -0.39 is 0 Å². The normalized spacial score (nSPS) is 13.2. The van der Waals surface area contributed by atoms with Gasteiger partial charge in [0, 0.05) is 34.3 Å². The van der Waals surface area contributed by atoms with E-state index >= 15 is 0 Å². The van der Waals surface area contributed by atoms with Crippen molar-refractivity contribution < 1.29 is 0 Å². The van der Waals surface area contributed by atoms with Gasteiger partial charge in [-0.25, -0.2) is 0 Å². The molecule has 7 aromatic rings. The summed E-state index contributed by atoms with van der Waals surface area (Å²) in [7, 11) is 2.17. The predicted molar refractivity (Wildman–Crippen MR) is 177 cm³/mol. The molecule has 0 unspecified atom stereocenters. The Morgan fingerprint density at radius 2 is 1.05 bits per heavy atom. The molecule has 0 radical (unpaired) electrons. The lowest BCUT2D eigenvalue weighted by Crippen LogP contribution is -2.14. The molecule has 1 aliphatic carbocycles. The topological polar surface area (TPSA) is 4.93 Å². The van der Waals surface area contributed by atoms with Crippen molar-refractivity contribution in [2.75, 3.05) is 0 Å². The minimum Gasteiger partial charge on any atom is -0.344 e. The number of aromatic nitrogens is 1. The molecule has 0 saturated heterocycles. The summed E-state index contributed by atoms with van der Waals surface area (Å²) in [6, 6.07) is 44.5. The molecule has 0 bridgehead atoms. The fourth-order valence-electron chi connectivity index (χ4n) is 6.62. The molecule has 1 heteroatoms. The Hall–Kier alpha value is -4.62. The van der Waals surface area contributed by atoms with Gasteiger partial charge < -0.3 is 4.57 Å². The largest absolute Gasteiger partial charge is 0.344 e. The van der Waals surface area contributed by atoms with Crippen LogP contribution in [0.25, 0.3) is 54.8 Å². The standard InChI is InChI=1S/C32H25N.C8H10/c1-32(2)28-11-7-6-10-24(28)25-14-12-23(18-29(25)32)22-13-15-30-26(17-22)27-16-20-8-4-5-9-21(20)19-31(27)33(30)3;1-7-5-3-4-6-8(7)2/h4-19H,1-3H3;3-6H,1-2H3. The van der Waals surface area contributed by atoms with Gasteiger partial charge in [0.1, 0.15) is 0 Å². The van der Waals surface area contributed by atoms with Crippen molar-refractivity contribution in [1.82, 2.24) is 4.57 Å². The van der Waals surface area contributed by atoms with Crippen LogP contribution in [0.3, 0.4) is 0 Å². The molecule has 0 aliphatic heterocycles. The third-order valence-corrected chi connectivity index (χ3v) is 9.22. The average Bonchev–Trinajstić information content (AvgIpc) is 3.40. The Morgan fingerprint density at radius 1 is 0.488 bits per heavy atom. The van der Waals surface area contributed by atoms with E-state index in [4.69, 9.17) is 0 Å². The van der Waals surface area contributed by atoms with Crippen LogP contribution in [0.1, 0.15) is 36.1 Å². The molecule has 200 valence electrons. The lowest BCUT2D eigenvalue weighted by Gasteiger charge is -2.22. The molecule has 0 saturated carbocycles. The van der Waals surface area contributed by atoms with Crippen LogP contribution >= 0.6 is 0 Å². The Morgan fingerprint density at radius 3 is 1.78 bits per heavy atom. The van der Waals surface area contributed by atoms with E-state index in [1.54, 1.807) is 0 Å². The van der Waals surface area contributed by atoms with E-state index in [1.807, 2.05) is 0 Å². The highest BCUT2D eigenvalue weighted by atomic mass is 14.9. The van der Waals surface area contributed by atoms with Crippen molar-refractivity contribution in [3.05, 3.63) is 144 Å². The van der Waals surface area contributed by atoms with Gasteiger partial charge in [0.2, 0.25) is 0 Å². The molecule has 0 spiro atoms. The van der Waals surface area contributed by atoms with Gasteiger partial charge in [-0.1, -0.05) is 105 Å². The minimum atomic E-state index is 0.0183. The molecule has 6 aromatic carbocycles. The average molecular weight is 530 g/mol.